The number of halogens is 1. The quantitative estimate of drug-likeness (QED) is 0.453. The molecule has 0 bridgehead atoms. The lowest BCUT2D eigenvalue weighted by Crippen LogP contribution is -2.42. The van der Waals surface area contributed by atoms with Gasteiger partial charge in [-0.2, -0.15) is 0 Å². The molecule has 0 heterocycles. The zero-order chi connectivity index (χ0) is 11.8. The van der Waals surface area contributed by atoms with Crippen LogP contribution < -0.4 is 10.6 Å². The highest BCUT2D eigenvalue weighted by molar-refractivity contribution is 14.0. The van der Waals surface area contributed by atoms with Crippen molar-refractivity contribution in [2.75, 3.05) is 13.1 Å². The van der Waals surface area contributed by atoms with E-state index in [1.54, 1.807) is 0 Å². The Labute approximate surface area is 123 Å². The van der Waals surface area contributed by atoms with E-state index in [0.717, 1.165) is 25.0 Å². The molecule has 4 heteroatoms. The summed E-state index contributed by atoms with van der Waals surface area (Å²) in [6.07, 6.45) is 6.50. The molecule has 102 valence electrons. The lowest BCUT2D eigenvalue weighted by Gasteiger charge is -2.16. The molecule has 1 rings (SSSR count). The smallest absolute Gasteiger partial charge is 0.191 e. The van der Waals surface area contributed by atoms with Crippen LogP contribution in [0.25, 0.3) is 0 Å². The molecular formula is C13H28IN3. The van der Waals surface area contributed by atoms with Crippen molar-refractivity contribution < 1.29 is 0 Å². The van der Waals surface area contributed by atoms with E-state index in [9.17, 15) is 0 Å². The Hall–Kier alpha value is 0. The van der Waals surface area contributed by atoms with E-state index in [-0.39, 0.29) is 24.0 Å². The molecule has 0 unspecified atom stereocenters. The first-order chi connectivity index (χ1) is 7.72. The number of nitrogens with one attached hydrogen (secondary N) is 2. The first-order valence-electron chi connectivity index (χ1n) is 6.77. The summed E-state index contributed by atoms with van der Waals surface area (Å²) in [4.78, 5) is 4.61. The van der Waals surface area contributed by atoms with E-state index in [0.29, 0.717) is 6.04 Å². The van der Waals surface area contributed by atoms with Crippen molar-refractivity contribution in [1.82, 2.24) is 10.6 Å². The maximum atomic E-state index is 4.61. The van der Waals surface area contributed by atoms with Crippen LogP contribution in [0.5, 0.6) is 0 Å². The summed E-state index contributed by atoms with van der Waals surface area (Å²) in [7, 11) is 0. The van der Waals surface area contributed by atoms with Gasteiger partial charge in [0.15, 0.2) is 5.96 Å². The SMILES string of the molecule is CCNC(=NCCC(C)C)NC1CCCC1.I. The predicted octanol–water partition coefficient (Wildman–Crippen LogP) is 3.15. The van der Waals surface area contributed by atoms with Gasteiger partial charge in [-0.3, -0.25) is 4.99 Å². The van der Waals surface area contributed by atoms with Crippen molar-refractivity contribution in [2.24, 2.45) is 10.9 Å². The Morgan fingerprint density at radius 3 is 2.47 bits per heavy atom. The fourth-order valence-corrected chi connectivity index (χ4v) is 2.02. The Balaban J connectivity index is 0.00000256. The summed E-state index contributed by atoms with van der Waals surface area (Å²) in [5.41, 5.74) is 0. The molecule has 0 amide bonds. The monoisotopic (exact) mass is 353 g/mol. The zero-order valence-corrected chi connectivity index (χ0v) is 13.8. The number of aliphatic imine (C=N–C) groups is 1. The van der Waals surface area contributed by atoms with E-state index >= 15 is 0 Å². The van der Waals surface area contributed by atoms with Crippen LogP contribution in [-0.4, -0.2) is 25.1 Å². The van der Waals surface area contributed by atoms with Gasteiger partial charge in [0, 0.05) is 19.1 Å². The van der Waals surface area contributed by atoms with Gasteiger partial charge in [-0.1, -0.05) is 26.7 Å². The fourth-order valence-electron chi connectivity index (χ4n) is 2.02. The molecule has 2 N–H and O–H groups in total. The second-order valence-electron chi connectivity index (χ2n) is 5.07. The molecule has 0 aromatic carbocycles. The molecule has 0 atom stereocenters. The Morgan fingerprint density at radius 1 is 1.29 bits per heavy atom. The molecule has 0 aromatic heterocycles. The highest BCUT2D eigenvalue weighted by Crippen LogP contribution is 2.17. The molecule has 1 aliphatic rings. The van der Waals surface area contributed by atoms with Gasteiger partial charge in [-0.15, -0.1) is 24.0 Å². The lowest BCUT2D eigenvalue weighted by molar-refractivity contribution is 0.585. The van der Waals surface area contributed by atoms with Crippen molar-refractivity contribution in [3.05, 3.63) is 0 Å². The maximum absolute atomic E-state index is 4.61. The molecule has 1 saturated carbocycles. The Kier molecular flexibility index (Phi) is 9.97. The van der Waals surface area contributed by atoms with Gasteiger partial charge in [0.25, 0.3) is 0 Å². The van der Waals surface area contributed by atoms with E-state index in [1.807, 2.05) is 0 Å². The summed E-state index contributed by atoms with van der Waals surface area (Å²) < 4.78 is 0. The number of guanidine groups is 1. The third-order valence-corrected chi connectivity index (χ3v) is 3.02. The first-order valence-corrected chi connectivity index (χ1v) is 6.77. The second kappa shape index (κ2) is 9.97. The van der Waals surface area contributed by atoms with Crippen LogP contribution in [0, 0.1) is 5.92 Å². The molecular weight excluding hydrogens is 325 g/mol. The summed E-state index contributed by atoms with van der Waals surface area (Å²) in [6, 6.07) is 0.650. The standard InChI is InChI=1S/C13H27N3.HI/c1-4-14-13(15-10-9-11(2)3)16-12-7-5-6-8-12;/h11-12H,4-10H2,1-3H3,(H2,14,15,16);1H. The summed E-state index contributed by atoms with van der Waals surface area (Å²) in [5.74, 6) is 1.74. The molecule has 0 aromatic rings. The summed E-state index contributed by atoms with van der Waals surface area (Å²) in [5, 5.41) is 6.85. The summed E-state index contributed by atoms with van der Waals surface area (Å²) >= 11 is 0. The third-order valence-electron chi connectivity index (χ3n) is 3.02. The van der Waals surface area contributed by atoms with E-state index in [1.165, 1.54) is 32.1 Å². The average Bonchev–Trinajstić information content (AvgIpc) is 2.70. The van der Waals surface area contributed by atoms with Crippen LogP contribution >= 0.6 is 24.0 Å². The molecule has 0 radical (unpaired) electrons. The van der Waals surface area contributed by atoms with Gasteiger partial charge >= 0.3 is 0 Å². The Morgan fingerprint density at radius 2 is 1.94 bits per heavy atom. The van der Waals surface area contributed by atoms with Gasteiger partial charge in [0.2, 0.25) is 0 Å². The zero-order valence-electron chi connectivity index (χ0n) is 11.5. The third kappa shape index (κ3) is 7.84. The highest BCUT2D eigenvalue weighted by atomic mass is 127. The van der Waals surface area contributed by atoms with Crippen molar-refractivity contribution in [2.45, 2.75) is 58.9 Å². The molecule has 1 fully saturated rings. The predicted molar refractivity (Wildman–Crippen MR) is 86.2 cm³/mol. The topological polar surface area (TPSA) is 36.4 Å². The van der Waals surface area contributed by atoms with Gasteiger partial charge < -0.3 is 10.6 Å². The van der Waals surface area contributed by atoms with Crippen LogP contribution in [0.1, 0.15) is 52.9 Å². The lowest BCUT2D eigenvalue weighted by atomic mass is 10.1. The van der Waals surface area contributed by atoms with Gasteiger partial charge in [-0.05, 0) is 32.1 Å². The number of hydrogen-bond acceptors (Lipinski definition) is 1. The summed E-state index contributed by atoms with van der Waals surface area (Å²) in [6.45, 7) is 8.48. The fraction of sp³-hybridized carbons (Fsp3) is 0.923. The van der Waals surface area contributed by atoms with Gasteiger partial charge in [-0.25, -0.2) is 0 Å². The van der Waals surface area contributed by atoms with Crippen LogP contribution in [-0.2, 0) is 0 Å². The van der Waals surface area contributed by atoms with E-state index in [2.05, 4.69) is 36.4 Å². The van der Waals surface area contributed by atoms with Gasteiger partial charge in [0.1, 0.15) is 0 Å². The second-order valence-corrected chi connectivity index (χ2v) is 5.07. The van der Waals surface area contributed by atoms with Crippen LogP contribution in [0.4, 0.5) is 0 Å². The Bertz CT molecular complexity index is 211. The number of rotatable bonds is 5. The van der Waals surface area contributed by atoms with E-state index < -0.39 is 0 Å². The van der Waals surface area contributed by atoms with Crippen molar-refractivity contribution in [1.29, 1.82) is 0 Å². The number of hydrogen-bond donors (Lipinski definition) is 2. The van der Waals surface area contributed by atoms with Crippen LogP contribution in [0.15, 0.2) is 4.99 Å². The molecule has 0 saturated heterocycles. The molecule has 3 nitrogen and oxygen atoms in total. The van der Waals surface area contributed by atoms with Crippen molar-refractivity contribution in [3.63, 3.8) is 0 Å². The molecule has 0 spiro atoms. The molecule has 1 aliphatic carbocycles. The van der Waals surface area contributed by atoms with E-state index in [4.69, 9.17) is 0 Å². The van der Waals surface area contributed by atoms with Crippen LogP contribution in [0.3, 0.4) is 0 Å². The molecule has 17 heavy (non-hydrogen) atoms. The van der Waals surface area contributed by atoms with Crippen molar-refractivity contribution >= 4 is 29.9 Å². The first kappa shape index (κ1) is 17.0. The maximum Gasteiger partial charge on any atom is 0.191 e. The average molecular weight is 353 g/mol. The highest BCUT2D eigenvalue weighted by Gasteiger charge is 2.15. The minimum atomic E-state index is 0. The van der Waals surface area contributed by atoms with Crippen LogP contribution in [0.2, 0.25) is 0 Å². The minimum absolute atomic E-state index is 0. The van der Waals surface area contributed by atoms with Crippen molar-refractivity contribution in [3.8, 4) is 0 Å². The largest absolute Gasteiger partial charge is 0.357 e. The molecule has 0 aliphatic heterocycles. The minimum Gasteiger partial charge on any atom is -0.357 e. The normalized spacial score (nSPS) is 17.1. The van der Waals surface area contributed by atoms with Gasteiger partial charge in [0.05, 0.1) is 0 Å². The number of nitrogens with zero attached hydrogens (tertiary/aromatic N) is 1.